The summed E-state index contributed by atoms with van der Waals surface area (Å²) in [5.74, 6) is 6.32. The number of hydrogen-bond acceptors (Lipinski definition) is 5. The highest BCUT2D eigenvalue weighted by Gasteiger charge is 2.62. The van der Waals surface area contributed by atoms with Crippen LogP contribution in [0.1, 0.15) is 130 Å². The predicted octanol–water partition coefficient (Wildman–Crippen LogP) is 7.10. The Kier molecular flexibility index (Phi) is 8.32. The first kappa shape index (κ1) is 29.9. The molecule has 0 aliphatic heterocycles. The summed E-state index contributed by atoms with van der Waals surface area (Å²) < 4.78 is 28.3. The van der Waals surface area contributed by atoms with Crippen molar-refractivity contribution in [2.75, 3.05) is 4.72 Å². The number of rotatable bonds is 8. The zero-order chi connectivity index (χ0) is 29.0. The largest absolute Gasteiger partial charge is 0.393 e. The van der Waals surface area contributed by atoms with Crippen molar-refractivity contribution in [1.82, 2.24) is 15.2 Å². The van der Waals surface area contributed by atoms with E-state index in [2.05, 4.69) is 47.6 Å². The number of H-pyrrole nitrogens is 1. The van der Waals surface area contributed by atoms with E-state index in [9.17, 15) is 13.5 Å². The summed E-state index contributed by atoms with van der Waals surface area (Å²) in [5.41, 5.74) is 0.828. The Morgan fingerprint density at radius 1 is 0.976 bits per heavy atom. The molecule has 1 heterocycles. The minimum absolute atomic E-state index is 0.0817. The average Bonchev–Trinajstić information content (AvgIpc) is 3.55. The Balaban J connectivity index is 1.09. The van der Waals surface area contributed by atoms with Gasteiger partial charge in [0.1, 0.15) is 5.82 Å². The molecule has 0 aromatic carbocycles. The summed E-state index contributed by atoms with van der Waals surface area (Å²) >= 11 is 0. The number of nitrogens with zero attached hydrogens (tertiary/aromatic N) is 2. The first-order valence-corrected chi connectivity index (χ1v) is 18.7. The van der Waals surface area contributed by atoms with E-state index in [0.717, 1.165) is 93.2 Å². The van der Waals surface area contributed by atoms with E-state index in [-0.39, 0.29) is 17.3 Å². The van der Waals surface area contributed by atoms with Crippen LogP contribution >= 0.6 is 0 Å². The fourth-order valence-electron chi connectivity index (χ4n) is 11.5. The van der Waals surface area contributed by atoms with Crippen LogP contribution in [0, 0.1) is 52.3 Å². The molecular formula is C33H56N4O3S. The molecule has 3 N–H and O–H groups in total. The van der Waals surface area contributed by atoms with Gasteiger partial charge in [0.15, 0.2) is 0 Å². The number of sulfonamides is 1. The molecule has 7 nitrogen and oxygen atoms in total. The molecule has 1 aromatic rings. The number of nitrogens with one attached hydrogen (secondary N) is 2. The molecule has 5 aliphatic carbocycles. The molecule has 10 atom stereocenters. The summed E-state index contributed by atoms with van der Waals surface area (Å²) in [6.45, 7) is 10.1. The lowest BCUT2D eigenvalue weighted by atomic mass is 9.42. The lowest BCUT2D eigenvalue weighted by Crippen LogP contribution is -2.56. The molecule has 1 aromatic heterocycles. The molecule has 41 heavy (non-hydrogen) atoms. The summed E-state index contributed by atoms with van der Waals surface area (Å²) in [4.78, 5) is 4.54. The van der Waals surface area contributed by atoms with Gasteiger partial charge in [0.05, 0.1) is 11.4 Å². The lowest BCUT2D eigenvalue weighted by molar-refractivity contribution is -0.152. The van der Waals surface area contributed by atoms with Crippen LogP contribution in [-0.4, -0.2) is 40.1 Å². The Bertz CT molecular complexity index is 1160. The van der Waals surface area contributed by atoms with Crippen LogP contribution in [0.3, 0.4) is 0 Å². The first-order chi connectivity index (χ1) is 19.5. The molecule has 0 radical (unpaired) electrons. The van der Waals surface area contributed by atoms with Gasteiger partial charge in [0.2, 0.25) is 10.0 Å². The van der Waals surface area contributed by atoms with Crippen LogP contribution < -0.4 is 4.72 Å². The topological polar surface area (TPSA) is 108 Å². The van der Waals surface area contributed by atoms with Gasteiger partial charge in [-0.3, -0.25) is 5.10 Å². The molecule has 0 saturated heterocycles. The second-order valence-electron chi connectivity index (χ2n) is 15.6. The number of aromatic nitrogens is 3. The van der Waals surface area contributed by atoms with Gasteiger partial charge in [-0.1, -0.05) is 53.4 Å². The molecule has 0 bridgehead atoms. The number of anilines is 1. The monoisotopic (exact) mass is 588 g/mol. The highest BCUT2D eigenvalue weighted by molar-refractivity contribution is 7.93. The Labute approximate surface area is 248 Å². The van der Waals surface area contributed by atoms with E-state index in [1.54, 1.807) is 0 Å². The van der Waals surface area contributed by atoms with Crippen molar-refractivity contribution in [2.24, 2.45) is 52.3 Å². The van der Waals surface area contributed by atoms with E-state index in [1.807, 2.05) is 0 Å². The van der Waals surface area contributed by atoms with Crippen LogP contribution in [-0.2, 0) is 16.4 Å². The van der Waals surface area contributed by atoms with E-state index in [4.69, 9.17) is 0 Å². The third-order valence-corrected chi connectivity index (χ3v) is 15.5. The molecule has 0 amide bonds. The zero-order valence-corrected chi connectivity index (χ0v) is 26.9. The fourth-order valence-corrected chi connectivity index (χ4v) is 13.0. The molecule has 4 unspecified atom stereocenters. The second-order valence-corrected chi connectivity index (χ2v) is 17.5. The SMILES string of the molecule is CC[C@H]1C[C@@H]2[C@H](CCC3(C)C([C@H](C)CCc4nc(NS(=O)(=O)C5CCCCC5)n[nH]4)CC[C@@H]23)C2(C)CC[C@@H](O)CC12. The maximum absolute atomic E-state index is 12.8. The molecule has 232 valence electrons. The van der Waals surface area contributed by atoms with Gasteiger partial charge in [-0.15, -0.1) is 5.10 Å². The van der Waals surface area contributed by atoms with Crippen molar-refractivity contribution < 1.29 is 13.5 Å². The number of fused-ring (bicyclic) bond motifs is 5. The molecule has 0 spiro atoms. The molecule has 5 saturated carbocycles. The average molecular weight is 589 g/mol. The van der Waals surface area contributed by atoms with E-state index >= 15 is 0 Å². The second kappa shape index (κ2) is 11.4. The lowest BCUT2D eigenvalue weighted by Gasteiger charge is -2.63. The predicted molar refractivity (Wildman–Crippen MR) is 164 cm³/mol. The summed E-state index contributed by atoms with van der Waals surface area (Å²) in [6, 6.07) is 0. The third kappa shape index (κ3) is 5.40. The van der Waals surface area contributed by atoms with Crippen LogP contribution in [0.4, 0.5) is 5.95 Å². The van der Waals surface area contributed by atoms with Crippen LogP contribution in [0.5, 0.6) is 0 Å². The van der Waals surface area contributed by atoms with Gasteiger partial charge in [0, 0.05) is 6.42 Å². The van der Waals surface area contributed by atoms with Crippen LogP contribution in [0.25, 0.3) is 0 Å². The van der Waals surface area contributed by atoms with Crippen molar-refractivity contribution in [3.05, 3.63) is 5.82 Å². The minimum Gasteiger partial charge on any atom is -0.393 e. The molecular weight excluding hydrogens is 532 g/mol. The van der Waals surface area contributed by atoms with Crippen molar-refractivity contribution in [3.63, 3.8) is 0 Å². The number of aromatic amines is 1. The maximum Gasteiger partial charge on any atom is 0.255 e. The highest BCUT2D eigenvalue weighted by Crippen LogP contribution is 2.69. The number of hydrogen-bond donors (Lipinski definition) is 3. The highest BCUT2D eigenvalue weighted by atomic mass is 32.2. The quantitative estimate of drug-likeness (QED) is 0.300. The van der Waals surface area contributed by atoms with Crippen molar-refractivity contribution in [3.8, 4) is 0 Å². The van der Waals surface area contributed by atoms with Crippen molar-refractivity contribution in [1.29, 1.82) is 0 Å². The van der Waals surface area contributed by atoms with Crippen LogP contribution in [0.2, 0.25) is 0 Å². The Morgan fingerprint density at radius 2 is 1.71 bits per heavy atom. The normalized spacial score (nSPS) is 42.2. The van der Waals surface area contributed by atoms with Gasteiger partial charge >= 0.3 is 0 Å². The summed E-state index contributed by atoms with van der Waals surface area (Å²) in [6.07, 6.45) is 17.7. The van der Waals surface area contributed by atoms with E-state index in [1.165, 1.54) is 44.9 Å². The third-order valence-electron chi connectivity index (χ3n) is 13.7. The molecule has 5 fully saturated rings. The smallest absolute Gasteiger partial charge is 0.255 e. The Hall–Kier alpha value is -1.15. The number of aliphatic hydroxyl groups excluding tert-OH is 1. The molecule has 8 heteroatoms. The summed E-state index contributed by atoms with van der Waals surface area (Å²) in [7, 11) is -3.43. The first-order valence-electron chi connectivity index (χ1n) is 17.2. The standard InChI is InChI=1S/C33H56N4O3S/c1-5-22-19-25-27-13-12-26(32(27,3)18-16-28(25)33(4)17-15-23(38)20-29(22)33)21(2)11-14-30-34-31(36-35-30)37-41(39,40)24-9-7-6-8-10-24/h21-29,38H,5-20H2,1-4H3,(H2,34,35,36,37)/t21-,22+,23-,25+,26?,27+,28+,29?,32?,33?/m1/s1. The Morgan fingerprint density at radius 3 is 2.46 bits per heavy atom. The van der Waals surface area contributed by atoms with Gasteiger partial charge in [-0.25, -0.2) is 13.1 Å². The van der Waals surface area contributed by atoms with E-state index < -0.39 is 10.0 Å². The maximum atomic E-state index is 12.8. The molecule has 5 aliphatic rings. The minimum atomic E-state index is -3.43. The number of aliphatic hydroxyl groups is 1. The van der Waals surface area contributed by atoms with Crippen LogP contribution in [0.15, 0.2) is 0 Å². The molecule has 6 rings (SSSR count). The fraction of sp³-hybridized carbons (Fsp3) is 0.939. The van der Waals surface area contributed by atoms with Gasteiger partial charge in [-0.2, -0.15) is 4.98 Å². The summed E-state index contributed by atoms with van der Waals surface area (Å²) in [5, 5.41) is 17.5. The van der Waals surface area contributed by atoms with Gasteiger partial charge in [-0.05, 0) is 123 Å². The zero-order valence-electron chi connectivity index (χ0n) is 26.1. The van der Waals surface area contributed by atoms with Crippen molar-refractivity contribution >= 4 is 16.0 Å². The van der Waals surface area contributed by atoms with E-state index in [0.29, 0.717) is 22.7 Å². The van der Waals surface area contributed by atoms with Crippen molar-refractivity contribution in [2.45, 2.75) is 142 Å². The van der Waals surface area contributed by atoms with Gasteiger partial charge in [0.25, 0.3) is 5.95 Å². The number of aryl methyl sites for hydroxylation is 1. The van der Waals surface area contributed by atoms with Gasteiger partial charge < -0.3 is 5.11 Å².